The van der Waals surface area contributed by atoms with E-state index in [0.717, 1.165) is 69.1 Å². The van der Waals surface area contributed by atoms with Crippen molar-refractivity contribution >= 4 is 11.6 Å². The van der Waals surface area contributed by atoms with Crippen molar-refractivity contribution in [3.05, 3.63) is 23.6 Å². The predicted octanol–water partition coefficient (Wildman–Crippen LogP) is 2.21. The Morgan fingerprint density at radius 1 is 0.926 bits per heavy atom. The fourth-order valence-electron chi connectivity index (χ4n) is 3.70. The van der Waals surface area contributed by atoms with Crippen molar-refractivity contribution in [1.29, 1.82) is 0 Å². The van der Waals surface area contributed by atoms with Crippen LogP contribution in [-0.4, -0.2) is 64.3 Å². The summed E-state index contributed by atoms with van der Waals surface area (Å²) in [5, 5.41) is 4.06. The number of nitrogens with zero attached hydrogens (tertiary/aromatic N) is 7. The lowest BCUT2D eigenvalue weighted by Gasteiger charge is -2.35. The van der Waals surface area contributed by atoms with E-state index in [2.05, 4.69) is 54.7 Å². The topological polar surface area (TPSA) is 74.4 Å². The molecule has 4 rings (SSSR count). The van der Waals surface area contributed by atoms with Gasteiger partial charge in [0.15, 0.2) is 5.82 Å². The molecule has 2 aliphatic rings. The highest BCUT2D eigenvalue weighted by atomic mass is 16.5. The van der Waals surface area contributed by atoms with Crippen LogP contribution in [0.4, 0.5) is 11.6 Å². The van der Waals surface area contributed by atoms with Crippen molar-refractivity contribution in [1.82, 2.24) is 25.0 Å². The minimum atomic E-state index is 0.296. The average Bonchev–Trinajstić information content (AvgIpc) is 3.34. The molecule has 2 aromatic heterocycles. The molecule has 0 saturated carbocycles. The van der Waals surface area contributed by atoms with Gasteiger partial charge in [-0.15, -0.1) is 0 Å². The molecular formula is C19H29N7O. The van der Waals surface area contributed by atoms with E-state index in [1.54, 1.807) is 0 Å². The van der Waals surface area contributed by atoms with Gasteiger partial charge >= 0.3 is 0 Å². The summed E-state index contributed by atoms with van der Waals surface area (Å²) < 4.78 is 5.39. The lowest BCUT2D eigenvalue weighted by molar-refractivity contribution is 0.215. The Morgan fingerprint density at radius 2 is 1.56 bits per heavy atom. The van der Waals surface area contributed by atoms with Crippen LogP contribution in [0.3, 0.4) is 0 Å². The number of hydrogen-bond donors (Lipinski definition) is 0. The van der Waals surface area contributed by atoms with E-state index in [0.29, 0.717) is 11.8 Å². The molecule has 0 amide bonds. The molecule has 0 unspecified atom stereocenters. The zero-order chi connectivity index (χ0) is 18.8. The van der Waals surface area contributed by atoms with Crippen LogP contribution in [0.5, 0.6) is 0 Å². The van der Waals surface area contributed by atoms with Gasteiger partial charge in [-0.25, -0.2) is 9.97 Å². The van der Waals surface area contributed by atoms with Gasteiger partial charge in [0.05, 0.1) is 6.54 Å². The number of hydrogen-bond acceptors (Lipinski definition) is 8. The number of piperazine rings is 1. The Hall–Kier alpha value is -2.22. The SMILES string of the molecule is Cc1nc(N2CCCC2)cc(N2CCN(Cc3nc(C(C)C)no3)CC2)n1. The smallest absolute Gasteiger partial charge is 0.240 e. The summed E-state index contributed by atoms with van der Waals surface area (Å²) in [5.74, 6) is 4.76. The summed E-state index contributed by atoms with van der Waals surface area (Å²) in [6.07, 6.45) is 2.51. The van der Waals surface area contributed by atoms with Crippen LogP contribution in [0.2, 0.25) is 0 Å². The molecule has 0 spiro atoms. The summed E-state index contributed by atoms with van der Waals surface area (Å²) in [6, 6.07) is 2.15. The number of aromatic nitrogens is 4. The van der Waals surface area contributed by atoms with Gasteiger partial charge in [-0.2, -0.15) is 4.98 Å². The van der Waals surface area contributed by atoms with E-state index < -0.39 is 0 Å². The molecule has 0 aromatic carbocycles. The van der Waals surface area contributed by atoms with Gasteiger partial charge in [0.25, 0.3) is 0 Å². The van der Waals surface area contributed by atoms with Gasteiger partial charge < -0.3 is 14.3 Å². The lowest BCUT2D eigenvalue weighted by Crippen LogP contribution is -2.46. The fourth-order valence-corrected chi connectivity index (χ4v) is 3.70. The van der Waals surface area contributed by atoms with Crippen molar-refractivity contribution in [3.8, 4) is 0 Å². The van der Waals surface area contributed by atoms with Crippen LogP contribution in [0.15, 0.2) is 10.6 Å². The quantitative estimate of drug-likeness (QED) is 0.792. The molecular weight excluding hydrogens is 342 g/mol. The molecule has 2 aliphatic heterocycles. The number of rotatable bonds is 5. The second-order valence-corrected chi connectivity index (χ2v) is 7.79. The highest BCUT2D eigenvalue weighted by molar-refractivity contribution is 5.51. The highest BCUT2D eigenvalue weighted by Crippen LogP contribution is 2.23. The Morgan fingerprint density at radius 3 is 2.15 bits per heavy atom. The summed E-state index contributed by atoms with van der Waals surface area (Å²) in [6.45, 7) is 12.9. The Bertz CT molecular complexity index is 761. The second-order valence-electron chi connectivity index (χ2n) is 7.79. The van der Waals surface area contributed by atoms with Crippen LogP contribution in [0.1, 0.15) is 50.1 Å². The summed E-state index contributed by atoms with van der Waals surface area (Å²) in [7, 11) is 0. The van der Waals surface area contributed by atoms with Crippen LogP contribution in [-0.2, 0) is 6.54 Å². The largest absolute Gasteiger partial charge is 0.356 e. The van der Waals surface area contributed by atoms with E-state index in [1.807, 2.05) is 6.92 Å². The molecule has 8 nitrogen and oxygen atoms in total. The summed E-state index contributed by atoms with van der Waals surface area (Å²) in [5.41, 5.74) is 0. The zero-order valence-corrected chi connectivity index (χ0v) is 16.6. The fraction of sp³-hybridized carbons (Fsp3) is 0.684. The predicted molar refractivity (Wildman–Crippen MR) is 104 cm³/mol. The van der Waals surface area contributed by atoms with Gasteiger partial charge in [0.1, 0.15) is 17.5 Å². The average molecular weight is 371 g/mol. The second kappa shape index (κ2) is 7.80. The molecule has 0 radical (unpaired) electrons. The first-order valence-corrected chi connectivity index (χ1v) is 9.99. The van der Waals surface area contributed by atoms with E-state index in [9.17, 15) is 0 Å². The van der Waals surface area contributed by atoms with Gasteiger partial charge in [-0.1, -0.05) is 19.0 Å². The molecule has 4 heterocycles. The highest BCUT2D eigenvalue weighted by Gasteiger charge is 2.22. The molecule has 0 bridgehead atoms. The first kappa shape index (κ1) is 18.2. The van der Waals surface area contributed by atoms with Crippen molar-refractivity contribution in [2.75, 3.05) is 49.1 Å². The minimum Gasteiger partial charge on any atom is -0.356 e. The third-order valence-electron chi connectivity index (χ3n) is 5.30. The normalized spacial score (nSPS) is 18.7. The Kier molecular flexibility index (Phi) is 5.24. The monoisotopic (exact) mass is 371 g/mol. The van der Waals surface area contributed by atoms with Crippen molar-refractivity contribution in [2.24, 2.45) is 0 Å². The maximum absolute atomic E-state index is 5.39. The molecule has 0 atom stereocenters. The zero-order valence-electron chi connectivity index (χ0n) is 16.6. The Balaban J connectivity index is 1.37. The first-order chi connectivity index (χ1) is 13.1. The first-order valence-electron chi connectivity index (χ1n) is 9.99. The molecule has 0 aliphatic carbocycles. The van der Waals surface area contributed by atoms with Crippen molar-refractivity contribution in [2.45, 2.75) is 46.1 Å². The molecule has 2 fully saturated rings. The van der Waals surface area contributed by atoms with Crippen LogP contribution in [0.25, 0.3) is 0 Å². The molecule has 27 heavy (non-hydrogen) atoms. The van der Waals surface area contributed by atoms with E-state index in [1.165, 1.54) is 12.8 Å². The molecule has 146 valence electrons. The van der Waals surface area contributed by atoms with E-state index in [-0.39, 0.29) is 0 Å². The summed E-state index contributed by atoms with van der Waals surface area (Å²) >= 11 is 0. The molecule has 2 aromatic rings. The lowest BCUT2D eigenvalue weighted by atomic mass is 10.2. The van der Waals surface area contributed by atoms with Crippen molar-refractivity contribution < 1.29 is 4.52 Å². The number of anilines is 2. The molecule has 2 saturated heterocycles. The van der Waals surface area contributed by atoms with E-state index in [4.69, 9.17) is 4.52 Å². The van der Waals surface area contributed by atoms with Gasteiger partial charge in [-0.05, 0) is 19.8 Å². The summed E-state index contributed by atoms with van der Waals surface area (Å²) in [4.78, 5) is 20.9. The van der Waals surface area contributed by atoms with Gasteiger partial charge in [-0.3, -0.25) is 4.90 Å². The van der Waals surface area contributed by atoms with Gasteiger partial charge in [0.2, 0.25) is 5.89 Å². The Labute approximate surface area is 160 Å². The van der Waals surface area contributed by atoms with E-state index >= 15 is 0 Å². The maximum Gasteiger partial charge on any atom is 0.240 e. The molecule has 8 heteroatoms. The number of aryl methyl sites for hydroxylation is 1. The van der Waals surface area contributed by atoms with Crippen LogP contribution >= 0.6 is 0 Å². The van der Waals surface area contributed by atoms with Crippen molar-refractivity contribution in [3.63, 3.8) is 0 Å². The van der Waals surface area contributed by atoms with Crippen LogP contribution in [0, 0.1) is 6.92 Å². The minimum absolute atomic E-state index is 0.296. The molecule has 0 N–H and O–H groups in total. The third-order valence-corrected chi connectivity index (χ3v) is 5.30. The third kappa shape index (κ3) is 4.21. The van der Waals surface area contributed by atoms with Crippen LogP contribution < -0.4 is 9.80 Å². The van der Waals surface area contributed by atoms with Gasteiger partial charge in [0, 0.05) is 51.3 Å². The maximum atomic E-state index is 5.39. The standard InChI is InChI=1S/C19H29N7O/c1-14(2)19-22-18(27-23-19)13-24-8-10-26(11-9-24)17-12-16(20-15(3)21-17)25-6-4-5-7-25/h12,14H,4-11,13H2,1-3H3.